The van der Waals surface area contributed by atoms with Gasteiger partial charge < -0.3 is 25.7 Å². The molecule has 0 aliphatic carbocycles. The fourth-order valence-electron chi connectivity index (χ4n) is 2.86. The summed E-state index contributed by atoms with van der Waals surface area (Å²) in [5.74, 6) is -0.597. The Morgan fingerprint density at radius 2 is 1.82 bits per heavy atom. The molecule has 6 heteroatoms. The van der Waals surface area contributed by atoms with Gasteiger partial charge in [-0.25, -0.2) is 0 Å². The molecule has 1 atom stereocenters. The molecule has 1 unspecified atom stereocenters. The van der Waals surface area contributed by atoms with Gasteiger partial charge in [-0.05, 0) is 70.2 Å². The third-order valence-corrected chi connectivity index (χ3v) is 4.76. The van der Waals surface area contributed by atoms with E-state index in [1.54, 1.807) is 12.1 Å². The molecule has 0 aromatic heterocycles. The first-order valence-electron chi connectivity index (χ1n) is 6.95. The normalized spacial score (nSPS) is 17.2. The van der Waals surface area contributed by atoms with Crippen molar-refractivity contribution in [1.29, 1.82) is 0 Å². The van der Waals surface area contributed by atoms with E-state index in [4.69, 9.17) is 0 Å². The molecule has 0 amide bonds. The molecule has 2 aromatic rings. The Morgan fingerprint density at radius 1 is 1.05 bits per heavy atom. The largest absolute Gasteiger partial charge is 0.504 e. The van der Waals surface area contributed by atoms with Crippen molar-refractivity contribution < 1.29 is 20.4 Å². The lowest BCUT2D eigenvalue weighted by molar-refractivity contribution is 0.394. The van der Waals surface area contributed by atoms with Crippen LogP contribution in [0.2, 0.25) is 0 Å². The summed E-state index contributed by atoms with van der Waals surface area (Å²) in [6.45, 7) is 0.762. The molecule has 0 fully saturated rings. The number of halogens is 1. The van der Waals surface area contributed by atoms with Gasteiger partial charge in [0.15, 0.2) is 23.0 Å². The highest BCUT2D eigenvalue weighted by molar-refractivity contribution is 9.10. The molecule has 1 heterocycles. The third kappa shape index (κ3) is 2.60. The summed E-state index contributed by atoms with van der Waals surface area (Å²) in [6.07, 6.45) is 1.35. The Morgan fingerprint density at radius 3 is 2.55 bits per heavy atom. The lowest BCUT2D eigenvalue weighted by atomic mass is 9.89. The zero-order chi connectivity index (χ0) is 15.9. The van der Waals surface area contributed by atoms with Crippen molar-refractivity contribution in [2.75, 3.05) is 6.54 Å². The van der Waals surface area contributed by atoms with Gasteiger partial charge in [-0.1, -0.05) is 6.07 Å². The van der Waals surface area contributed by atoms with Crippen molar-refractivity contribution in [3.63, 3.8) is 0 Å². The first-order valence-corrected chi connectivity index (χ1v) is 7.74. The summed E-state index contributed by atoms with van der Waals surface area (Å²) in [4.78, 5) is 0. The number of fused-ring (bicyclic) bond motifs is 1. The topological polar surface area (TPSA) is 93.0 Å². The molecule has 0 bridgehead atoms. The summed E-state index contributed by atoms with van der Waals surface area (Å²) in [5, 5.41) is 42.0. The van der Waals surface area contributed by atoms with E-state index in [1.165, 1.54) is 12.1 Å². The maximum atomic E-state index is 9.93. The van der Waals surface area contributed by atoms with E-state index in [-0.39, 0.29) is 29.0 Å². The van der Waals surface area contributed by atoms with Gasteiger partial charge in [0.05, 0.1) is 4.47 Å². The highest BCUT2D eigenvalue weighted by Gasteiger charge is 2.26. The van der Waals surface area contributed by atoms with Gasteiger partial charge in [0, 0.05) is 6.04 Å². The SMILES string of the molecule is Oc1ccc(CC2NCCc3cc(O)c(O)c(Br)c32)cc1O. The number of nitrogens with one attached hydrogen (secondary N) is 1. The highest BCUT2D eigenvalue weighted by atomic mass is 79.9. The lowest BCUT2D eigenvalue weighted by Crippen LogP contribution is -2.31. The molecule has 1 aliphatic rings. The molecule has 2 aromatic carbocycles. The minimum absolute atomic E-state index is 0.0615. The Balaban J connectivity index is 1.97. The van der Waals surface area contributed by atoms with Crippen LogP contribution in [0.15, 0.2) is 28.7 Å². The second-order valence-electron chi connectivity index (χ2n) is 5.41. The standard InChI is InChI=1S/C16H16BrNO4/c17-15-14-9(7-13(21)16(15)22)3-4-18-10(14)5-8-1-2-11(19)12(20)6-8/h1-2,6-7,10,18-22H,3-5H2. The molecular formula is C16H16BrNO4. The number of benzene rings is 2. The minimum atomic E-state index is -0.166. The number of phenolic OH excluding ortho intramolecular Hbond substituents is 4. The third-order valence-electron chi connectivity index (χ3n) is 3.96. The van der Waals surface area contributed by atoms with Crippen LogP contribution in [0.4, 0.5) is 0 Å². The van der Waals surface area contributed by atoms with Crippen LogP contribution in [0.25, 0.3) is 0 Å². The predicted octanol–water partition coefficient (Wildman–Crippen LogP) is 2.70. The summed E-state index contributed by atoms with van der Waals surface area (Å²) in [7, 11) is 0. The molecule has 0 saturated heterocycles. The fourth-order valence-corrected chi connectivity index (χ4v) is 3.60. The molecular weight excluding hydrogens is 350 g/mol. The van der Waals surface area contributed by atoms with Crippen molar-refractivity contribution in [3.8, 4) is 23.0 Å². The van der Waals surface area contributed by atoms with E-state index in [9.17, 15) is 20.4 Å². The molecule has 0 radical (unpaired) electrons. The van der Waals surface area contributed by atoms with Gasteiger partial charge >= 0.3 is 0 Å². The van der Waals surface area contributed by atoms with Crippen LogP contribution in [0.3, 0.4) is 0 Å². The van der Waals surface area contributed by atoms with Crippen LogP contribution in [-0.2, 0) is 12.8 Å². The number of aromatic hydroxyl groups is 4. The Labute approximate surface area is 136 Å². The van der Waals surface area contributed by atoms with E-state index in [0.717, 1.165) is 29.7 Å². The van der Waals surface area contributed by atoms with Crippen LogP contribution < -0.4 is 5.32 Å². The van der Waals surface area contributed by atoms with Crippen molar-refractivity contribution >= 4 is 15.9 Å². The molecule has 0 spiro atoms. The van der Waals surface area contributed by atoms with E-state index in [2.05, 4.69) is 21.2 Å². The smallest absolute Gasteiger partial charge is 0.172 e. The van der Waals surface area contributed by atoms with E-state index >= 15 is 0 Å². The molecule has 1 aliphatic heterocycles. The second-order valence-corrected chi connectivity index (χ2v) is 6.21. The number of hydrogen-bond donors (Lipinski definition) is 5. The van der Waals surface area contributed by atoms with Crippen molar-refractivity contribution in [2.45, 2.75) is 18.9 Å². The first-order chi connectivity index (χ1) is 10.5. The number of phenols is 4. The Kier molecular flexibility index (Phi) is 3.88. The summed E-state index contributed by atoms with van der Waals surface area (Å²) in [5.41, 5.74) is 2.75. The van der Waals surface area contributed by atoms with Gasteiger partial charge in [0.2, 0.25) is 0 Å². The minimum Gasteiger partial charge on any atom is -0.504 e. The highest BCUT2D eigenvalue weighted by Crippen LogP contribution is 2.43. The molecule has 5 nitrogen and oxygen atoms in total. The zero-order valence-corrected chi connectivity index (χ0v) is 13.3. The quantitative estimate of drug-likeness (QED) is 0.527. The van der Waals surface area contributed by atoms with Gasteiger partial charge in [-0.3, -0.25) is 0 Å². The maximum Gasteiger partial charge on any atom is 0.172 e. The van der Waals surface area contributed by atoms with Crippen molar-refractivity contribution in [2.24, 2.45) is 0 Å². The average Bonchev–Trinajstić information content (AvgIpc) is 2.49. The zero-order valence-electron chi connectivity index (χ0n) is 11.7. The van der Waals surface area contributed by atoms with Crippen LogP contribution in [-0.4, -0.2) is 27.0 Å². The molecule has 0 saturated carbocycles. The summed E-state index contributed by atoms with van der Waals surface area (Å²) >= 11 is 3.36. The van der Waals surface area contributed by atoms with E-state index < -0.39 is 0 Å². The van der Waals surface area contributed by atoms with Crippen LogP contribution >= 0.6 is 15.9 Å². The van der Waals surface area contributed by atoms with Gasteiger partial charge in [0.1, 0.15) is 0 Å². The molecule has 22 heavy (non-hydrogen) atoms. The van der Waals surface area contributed by atoms with Gasteiger partial charge in [-0.2, -0.15) is 0 Å². The van der Waals surface area contributed by atoms with E-state index in [1.807, 2.05) is 0 Å². The summed E-state index contributed by atoms with van der Waals surface area (Å²) < 4.78 is 0.489. The first kappa shape index (κ1) is 15.0. The van der Waals surface area contributed by atoms with Crippen LogP contribution in [0.1, 0.15) is 22.7 Å². The van der Waals surface area contributed by atoms with Crippen molar-refractivity contribution in [1.82, 2.24) is 5.32 Å². The molecule has 3 rings (SSSR count). The van der Waals surface area contributed by atoms with Gasteiger partial charge in [-0.15, -0.1) is 0 Å². The number of hydrogen-bond acceptors (Lipinski definition) is 5. The summed E-state index contributed by atoms with van der Waals surface area (Å²) in [6, 6.07) is 6.27. The Hall–Kier alpha value is -1.92. The monoisotopic (exact) mass is 365 g/mol. The average molecular weight is 366 g/mol. The molecule has 5 N–H and O–H groups in total. The predicted molar refractivity (Wildman–Crippen MR) is 85.4 cm³/mol. The fraction of sp³-hybridized carbons (Fsp3) is 0.250. The number of rotatable bonds is 2. The maximum absolute atomic E-state index is 9.93. The lowest BCUT2D eigenvalue weighted by Gasteiger charge is -2.29. The molecule has 116 valence electrons. The van der Waals surface area contributed by atoms with Gasteiger partial charge in [0.25, 0.3) is 0 Å². The second kappa shape index (κ2) is 5.70. The van der Waals surface area contributed by atoms with Crippen LogP contribution in [0, 0.1) is 0 Å². The van der Waals surface area contributed by atoms with Crippen LogP contribution in [0.5, 0.6) is 23.0 Å². The van der Waals surface area contributed by atoms with E-state index in [0.29, 0.717) is 10.9 Å². The Bertz CT molecular complexity index is 733. The van der Waals surface area contributed by atoms with Crippen molar-refractivity contribution in [3.05, 3.63) is 45.4 Å².